The Morgan fingerprint density at radius 2 is 1.12 bits per heavy atom. The summed E-state index contributed by atoms with van der Waals surface area (Å²) in [6.45, 7) is 0. The van der Waals surface area contributed by atoms with Gasteiger partial charge in [0.2, 0.25) is 5.96 Å². The van der Waals surface area contributed by atoms with Gasteiger partial charge in [0.05, 0.1) is 12.4 Å². The molecule has 25 heavy (non-hydrogen) atoms. The van der Waals surface area contributed by atoms with Gasteiger partial charge in [0.1, 0.15) is 0 Å². The maximum atomic E-state index is 8.08. The van der Waals surface area contributed by atoms with E-state index in [0.29, 0.717) is 10.0 Å². The first-order chi connectivity index (χ1) is 11.5. The summed E-state index contributed by atoms with van der Waals surface area (Å²) in [6, 6.07) is 14.6. The molecule has 0 radical (unpaired) electrons. The third kappa shape index (κ3) is 6.86. The Balaban J connectivity index is 0.00000312. The number of nitrogens with one attached hydrogen (secondary N) is 1. The van der Waals surface area contributed by atoms with E-state index in [-0.39, 0.29) is 22.9 Å². The Bertz CT molecular complexity index is 681. The zero-order chi connectivity index (χ0) is 17.5. The molecule has 0 spiro atoms. The van der Waals surface area contributed by atoms with Crippen LogP contribution in [0.2, 0.25) is 10.0 Å². The summed E-state index contributed by atoms with van der Waals surface area (Å²) < 4.78 is 0. The van der Waals surface area contributed by atoms with Gasteiger partial charge in [0, 0.05) is 24.1 Å². The summed E-state index contributed by atoms with van der Waals surface area (Å²) >= 11 is 11.7. The molecule has 0 saturated carbocycles. The SMILES string of the molecule is Br.CN(/N=C/c1ccc(Cl)cc1)C(=N)N(C)/N=C/c1ccc(Cl)cc1. The highest BCUT2D eigenvalue weighted by Gasteiger charge is 2.07. The van der Waals surface area contributed by atoms with E-state index >= 15 is 0 Å². The summed E-state index contributed by atoms with van der Waals surface area (Å²) in [7, 11) is 3.37. The van der Waals surface area contributed by atoms with Gasteiger partial charge in [0.15, 0.2) is 0 Å². The molecule has 0 aliphatic rings. The highest BCUT2D eigenvalue weighted by atomic mass is 79.9. The van der Waals surface area contributed by atoms with Crippen molar-refractivity contribution >= 4 is 58.6 Å². The molecule has 0 fully saturated rings. The van der Waals surface area contributed by atoms with E-state index in [2.05, 4.69) is 10.2 Å². The first kappa shape index (κ1) is 21.2. The Kier molecular flexibility index (Phi) is 8.61. The molecule has 2 rings (SSSR count). The average molecular weight is 443 g/mol. The fourth-order valence-electron chi connectivity index (χ4n) is 1.72. The highest BCUT2D eigenvalue weighted by Crippen LogP contribution is 2.09. The van der Waals surface area contributed by atoms with Crippen molar-refractivity contribution in [1.29, 1.82) is 5.41 Å². The van der Waals surface area contributed by atoms with Gasteiger partial charge in [-0.25, -0.2) is 10.0 Å². The molecule has 0 heterocycles. The number of hydrogen-bond donors (Lipinski definition) is 1. The van der Waals surface area contributed by atoms with E-state index < -0.39 is 0 Å². The molecule has 0 unspecified atom stereocenters. The molecule has 0 aromatic heterocycles. The molecular formula is C17H18BrCl2N5. The lowest BCUT2D eigenvalue weighted by Gasteiger charge is -2.19. The van der Waals surface area contributed by atoms with Crippen LogP contribution in [0.15, 0.2) is 58.7 Å². The molecule has 0 bridgehead atoms. The molecule has 0 saturated heterocycles. The largest absolute Gasteiger partial charge is 0.266 e. The molecule has 8 heteroatoms. The molecule has 2 aromatic carbocycles. The van der Waals surface area contributed by atoms with Crippen LogP contribution >= 0.6 is 40.2 Å². The topological polar surface area (TPSA) is 55.1 Å². The smallest absolute Gasteiger partial charge is 0.234 e. The fraction of sp³-hybridized carbons (Fsp3) is 0.118. The average Bonchev–Trinajstić information content (AvgIpc) is 2.59. The van der Waals surface area contributed by atoms with E-state index in [4.69, 9.17) is 28.6 Å². The van der Waals surface area contributed by atoms with Crippen LogP contribution in [-0.2, 0) is 0 Å². The number of hydrogen-bond acceptors (Lipinski definition) is 3. The third-order valence-corrected chi connectivity index (χ3v) is 3.62. The molecule has 0 amide bonds. The minimum atomic E-state index is 0. The summed E-state index contributed by atoms with van der Waals surface area (Å²) in [5, 5.41) is 20.7. The van der Waals surface area contributed by atoms with Crippen molar-refractivity contribution in [2.45, 2.75) is 0 Å². The maximum Gasteiger partial charge on any atom is 0.234 e. The van der Waals surface area contributed by atoms with Crippen LogP contribution in [0.4, 0.5) is 0 Å². The normalized spacial score (nSPS) is 10.7. The van der Waals surface area contributed by atoms with Gasteiger partial charge in [-0.1, -0.05) is 47.5 Å². The van der Waals surface area contributed by atoms with Crippen LogP contribution in [0.1, 0.15) is 11.1 Å². The fourth-order valence-corrected chi connectivity index (χ4v) is 1.98. The van der Waals surface area contributed by atoms with Crippen molar-refractivity contribution in [2.24, 2.45) is 10.2 Å². The summed E-state index contributed by atoms with van der Waals surface area (Å²) in [4.78, 5) is 0. The Morgan fingerprint density at radius 1 is 0.800 bits per heavy atom. The van der Waals surface area contributed by atoms with Crippen LogP contribution in [0, 0.1) is 5.41 Å². The van der Waals surface area contributed by atoms with Crippen molar-refractivity contribution in [2.75, 3.05) is 14.1 Å². The van der Waals surface area contributed by atoms with E-state index in [1.807, 2.05) is 24.3 Å². The Morgan fingerprint density at radius 3 is 1.44 bits per heavy atom. The van der Waals surface area contributed by atoms with Gasteiger partial charge in [-0.3, -0.25) is 5.41 Å². The number of guanidine groups is 1. The number of benzene rings is 2. The summed E-state index contributed by atoms with van der Waals surface area (Å²) in [5.74, 6) is 0.130. The van der Waals surface area contributed by atoms with Crippen molar-refractivity contribution in [3.8, 4) is 0 Å². The monoisotopic (exact) mass is 441 g/mol. The standard InChI is InChI=1S/C17H17Cl2N5.BrH/c1-23(21-11-13-3-7-15(18)8-4-13)17(20)24(2)22-12-14-5-9-16(19)10-6-14;/h3-12,20H,1-2H3;1H/b21-11+,22-12+;. The van der Waals surface area contributed by atoms with Crippen LogP contribution in [0.5, 0.6) is 0 Å². The van der Waals surface area contributed by atoms with E-state index in [1.54, 1.807) is 50.8 Å². The van der Waals surface area contributed by atoms with Crippen LogP contribution in [0.25, 0.3) is 0 Å². The second kappa shape index (κ2) is 10.2. The minimum Gasteiger partial charge on any atom is -0.266 e. The Hall–Kier alpha value is -1.89. The van der Waals surface area contributed by atoms with Crippen molar-refractivity contribution in [1.82, 2.24) is 10.0 Å². The molecule has 0 aliphatic heterocycles. The zero-order valence-electron chi connectivity index (χ0n) is 13.7. The van der Waals surface area contributed by atoms with Crippen LogP contribution in [-0.4, -0.2) is 42.5 Å². The maximum absolute atomic E-state index is 8.08. The van der Waals surface area contributed by atoms with E-state index in [0.717, 1.165) is 11.1 Å². The molecule has 5 nitrogen and oxygen atoms in total. The van der Waals surface area contributed by atoms with Crippen LogP contribution in [0.3, 0.4) is 0 Å². The molecular weight excluding hydrogens is 425 g/mol. The van der Waals surface area contributed by atoms with E-state index in [9.17, 15) is 0 Å². The minimum absolute atomic E-state index is 0. The lowest BCUT2D eigenvalue weighted by atomic mass is 10.2. The first-order valence-corrected chi connectivity index (χ1v) is 7.86. The predicted octanol–water partition coefficient (Wildman–Crippen LogP) is 4.74. The highest BCUT2D eigenvalue weighted by molar-refractivity contribution is 8.93. The second-order valence-electron chi connectivity index (χ2n) is 4.96. The molecule has 0 aliphatic carbocycles. The van der Waals surface area contributed by atoms with Gasteiger partial charge < -0.3 is 0 Å². The van der Waals surface area contributed by atoms with Gasteiger partial charge in [-0.2, -0.15) is 10.2 Å². The second-order valence-corrected chi connectivity index (χ2v) is 5.84. The molecule has 0 atom stereocenters. The zero-order valence-corrected chi connectivity index (χ0v) is 17.0. The number of rotatable bonds is 4. The van der Waals surface area contributed by atoms with Gasteiger partial charge >= 0.3 is 0 Å². The van der Waals surface area contributed by atoms with Gasteiger partial charge in [0.25, 0.3) is 0 Å². The van der Waals surface area contributed by atoms with Crippen LogP contribution < -0.4 is 0 Å². The Labute approximate surface area is 167 Å². The molecule has 1 N–H and O–H groups in total. The van der Waals surface area contributed by atoms with Crippen molar-refractivity contribution < 1.29 is 0 Å². The van der Waals surface area contributed by atoms with Gasteiger partial charge in [-0.05, 0) is 35.4 Å². The third-order valence-electron chi connectivity index (χ3n) is 3.11. The first-order valence-electron chi connectivity index (χ1n) is 7.11. The van der Waals surface area contributed by atoms with Crippen molar-refractivity contribution in [3.05, 3.63) is 69.7 Å². The lowest BCUT2D eigenvalue weighted by molar-refractivity contribution is 0.412. The summed E-state index contributed by atoms with van der Waals surface area (Å²) in [6.07, 6.45) is 3.31. The number of hydrazone groups is 2. The summed E-state index contributed by atoms with van der Waals surface area (Å²) in [5.41, 5.74) is 1.79. The van der Waals surface area contributed by atoms with E-state index in [1.165, 1.54) is 10.0 Å². The quantitative estimate of drug-likeness (QED) is 0.422. The lowest BCUT2D eigenvalue weighted by Crippen LogP contribution is -2.33. The van der Waals surface area contributed by atoms with Gasteiger partial charge in [-0.15, -0.1) is 17.0 Å². The molecule has 132 valence electrons. The number of halogens is 3. The molecule has 2 aromatic rings. The number of nitrogens with zero attached hydrogens (tertiary/aromatic N) is 4. The van der Waals surface area contributed by atoms with Crippen molar-refractivity contribution in [3.63, 3.8) is 0 Å². The predicted molar refractivity (Wildman–Crippen MR) is 112 cm³/mol.